The van der Waals surface area contributed by atoms with Crippen LogP contribution in [0.15, 0.2) is 42.6 Å². The predicted molar refractivity (Wildman–Crippen MR) is 127 cm³/mol. The highest BCUT2D eigenvalue weighted by atomic mass is 35.5. The summed E-state index contributed by atoms with van der Waals surface area (Å²) in [4.78, 5) is 20.6. The summed E-state index contributed by atoms with van der Waals surface area (Å²) in [6.45, 7) is 0.207. The van der Waals surface area contributed by atoms with Crippen molar-refractivity contribution in [1.82, 2.24) is 4.98 Å². The summed E-state index contributed by atoms with van der Waals surface area (Å²) in [5.41, 5.74) is 2.31. The van der Waals surface area contributed by atoms with E-state index < -0.39 is 21.7 Å². The Morgan fingerprint density at radius 2 is 2.03 bits per heavy atom. The molecule has 1 aromatic carbocycles. The maximum Gasteiger partial charge on any atom is 0.269 e. The minimum atomic E-state index is -3.33. The van der Waals surface area contributed by atoms with Gasteiger partial charge >= 0.3 is 0 Å². The first-order valence-corrected chi connectivity index (χ1v) is 13.1. The fraction of sp³-hybridized carbons (Fsp3) is 0.273. The topological polar surface area (TPSA) is 106 Å². The highest BCUT2D eigenvalue weighted by Gasteiger charge is 2.32. The quantitative estimate of drug-likeness (QED) is 0.497. The smallest absolute Gasteiger partial charge is 0.269 e. The number of carbonyl (C=O) groups excluding carboxylic acids is 1. The molecule has 0 bridgehead atoms. The number of fused-ring (bicyclic) bond motifs is 1. The number of aromatic nitrogens is 1. The Balaban J connectivity index is 1.49. The molecule has 174 valence electrons. The Labute approximate surface area is 200 Å². The largest absolute Gasteiger partial charge is 0.493 e. The van der Waals surface area contributed by atoms with Crippen LogP contribution in [0.3, 0.4) is 0 Å². The molecule has 33 heavy (non-hydrogen) atoms. The average Bonchev–Trinajstić information content (AvgIpc) is 3.31. The third-order valence-corrected chi connectivity index (χ3v) is 7.34. The Kier molecular flexibility index (Phi) is 6.62. The van der Waals surface area contributed by atoms with Crippen molar-refractivity contribution in [2.75, 3.05) is 30.6 Å². The molecule has 0 fully saturated rings. The lowest BCUT2D eigenvalue weighted by molar-refractivity contribution is 0.1000. The van der Waals surface area contributed by atoms with Crippen LogP contribution >= 0.6 is 22.9 Å². The van der Waals surface area contributed by atoms with E-state index in [2.05, 4.69) is 4.98 Å². The molecule has 1 aliphatic rings. The lowest BCUT2D eigenvalue weighted by Gasteiger charge is -2.19. The minimum absolute atomic E-state index is 0.116. The second-order valence-electron chi connectivity index (χ2n) is 7.61. The summed E-state index contributed by atoms with van der Waals surface area (Å²) in [5.74, 6) is 0.194. The van der Waals surface area contributed by atoms with Crippen molar-refractivity contribution in [2.24, 2.45) is 0 Å². The number of anilines is 1. The van der Waals surface area contributed by atoms with E-state index in [1.807, 2.05) is 12.1 Å². The van der Waals surface area contributed by atoms with Gasteiger partial charge in [0.15, 0.2) is 11.5 Å². The van der Waals surface area contributed by atoms with Crippen molar-refractivity contribution in [3.05, 3.63) is 58.1 Å². The lowest BCUT2D eigenvalue weighted by atomic mass is 10.2. The number of aliphatic hydroxyl groups excluding tert-OH is 1. The molecule has 0 aliphatic carbocycles. The Hall–Kier alpha value is -2.66. The Morgan fingerprint density at radius 3 is 2.67 bits per heavy atom. The molecule has 3 heterocycles. The first kappa shape index (κ1) is 23.5. The number of sulfone groups is 1. The van der Waals surface area contributed by atoms with E-state index >= 15 is 0 Å². The highest BCUT2D eigenvalue weighted by Crippen LogP contribution is 2.40. The predicted octanol–water partition coefficient (Wildman–Crippen LogP) is 3.42. The molecular weight excluding hydrogens is 488 g/mol. The number of amides is 1. The van der Waals surface area contributed by atoms with Crippen LogP contribution in [-0.2, 0) is 16.4 Å². The molecule has 0 saturated heterocycles. The fourth-order valence-corrected chi connectivity index (χ4v) is 5.48. The first-order chi connectivity index (χ1) is 15.6. The van der Waals surface area contributed by atoms with Gasteiger partial charge in [-0.05, 0) is 35.9 Å². The minimum Gasteiger partial charge on any atom is -0.493 e. The highest BCUT2D eigenvalue weighted by molar-refractivity contribution is 7.90. The third-order valence-electron chi connectivity index (χ3n) is 4.94. The van der Waals surface area contributed by atoms with E-state index in [1.165, 1.54) is 18.4 Å². The molecule has 1 atom stereocenters. The fourth-order valence-electron chi connectivity index (χ4n) is 3.48. The van der Waals surface area contributed by atoms with Gasteiger partial charge in [0.25, 0.3) is 5.91 Å². The van der Waals surface area contributed by atoms with Crippen LogP contribution in [0.2, 0.25) is 5.02 Å². The van der Waals surface area contributed by atoms with Crippen LogP contribution in [0.4, 0.5) is 5.69 Å². The van der Waals surface area contributed by atoms with Crippen molar-refractivity contribution < 1.29 is 27.8 Å². The number of nitrogens with zero attached hydrogens (tertiary/aromatic N) is 2. The molecule has 11 heteroatoms. The van der Waals surface area contributed by atoms with E-state index in [0.717, 1.165) is 22.4 Å². The zero-order valence-electron chi connectivity index (χ0n) is 17.8. The molecule has 1 unspecified atom stereocenters. The third kappa shape index (κ3) is 5.30. The van der Waals surface area contributed by atoms with E-state index in [-0.39, 0.29) is 12.5 Å². The Morgan fingerprint density at radius 1 is 1.24 bits per heavy atom. The summed E-state index contributed by atoms with van der Waals surface area (Å²) in [6, 6.07) is 10.6. The molecule has 0 saturated carbocycles. The summed E-state index contributed by atoms with van der Waals surface area (Å²) in [7, 11) is -1.86. The Bertz CT molecular complexity index is 1290. The summed E-state index contributed by atoms with van der Waals surface area (Å²) < 4.78 is 33.5. The first-order valence-electron chi connectivity index (χ1n) is 9.88. The number of ether oxygens (including phenoxy) is 2. The van der Waals surface area contributed by atoms with Crippen LogP contribution in [0.1, 0.15) is 15.2 Å². The normalized spacial score (nSPS) is 14.3. The molecule has 1 N–H and O–H groups in total. The number of aliphatic hydroxyl groups is 1. The van der Waals surface area contributed by atoms with E-state index in [1.54, 1.807) is 35.4 Å². The van der Waals surface area contributed by atoms with Gasteiger partial charge in [-0.25, -0.2) is 8.42 Å². The van der Waals surface area contributed by atoms with Crippen LogP contribution in [0, 0.1) is 0 Å². The van der Waals surface area contributed by atoms with Crippen molar-refractivity contribution >= 4 is 44.4 Å². The molecule has 0 radical (unpaired) electrons. The second kappa shape index (κ2) is 9.30. The van der Waals surface area contributed by atoms with E-state index in [0.29, 0.717) is 33.6 Å². The molecule has 4 rings (SSSR count). The van der Waals surface area contributed by atoms with Crippen molar-refractivity contribution in [3.63, 3.8) is 0 Å². The van der Waals surface area contributed by atoms with Gasteiger partial charge in [-0.3, -0.25) is 9.78 Å². The summed E-state index contributed by atoms with van der Waals surface area (Å²) in [5, 5.41) is 10.4. The van der Waals surface area contributed by atoms with Crippen LogP contribution in [-0.4, -0.2) is 56.2 Å². The van der Waals surface area contributed by atoms with Gasteiger partial charge in [-0.15, -0.1) is 11.3 Å². The number of hydrogen-bond donors (Lipinski definition) is 1. The van der Waals surface area contributed by atoms with Crippen molar-refractivity contribution in [2.45, 2.75) is 12.6 Å². The van der Waals surface area contributed by atoms with Crippen LogP contribution in [0.25, 0.3) is 10.6 Å². The molecule has 8 nitrogen and oxygen atoms in total. The number of rotatable bonds is 8. The van der Waals surface area contributed by atoms with Gasteiger partial charge in [0.1, 0.15) is 22.5 Å². The number of carbonyl (C=O) groups is 1. The summed E-state index contributed by atoms with van der Waals surface area (Å²) >= 11 is 7.29. The van der Waals surface area contributed by atoms with Crippen molar-refractivity contribution in [3.8, 4) is 22.1 Å². The number of methoxy groups -OCH3 is 1. The monoisotopic (exact) mass is 508 g/mol. The van der Waals surface area contributed by atoms with Gasteiger partial charge in [0.2, 0.25) is 0 Å². The molecule has 0 spiro atoms. The number of thiophene rings is 1. The lowest BCUT2D eigenvalue weighted by Crippen LogP contribution is -2.26. The van der Waals surface area contributed by atoms with Crippen LogP contribution < -0.4 is 14.4 Å². The summed E-state index contributed by atoms with van der Waals surface area (Å²) in [6.07, 6.45) is 1.46. The standard InChI is InChI=1S/C22H21ClN2O6S2/c1-30-19-8-15(4-6-18(19)31-11-16(26)12-33(2,28)29)25-10-13-7-20(32-21(13)22(25)27)17-5-3-14(23)9-24-17/h3-9,16,26H,10-12H2,1-2H3. The number of halogens is 1. The molecule has 1 amide bonds. The average molecular weight is 509 g/mol. The van der Waals surface area contributed by atoms with E-state index in [4.69, 9.17) is 21.1 Å². The molecule has 3 aromatic rings. The maximum absolute atomic E-state index is 13.1. The maximum atomic E-state index is 13.1. The zero-order chi connectivity index (χ0) is 23.8. The van der Waals surface area contributed by atoms with Gasteiger partial charge in [-0.2, -0.15) is 0 Å². The number of pyridine rings is 1. The number of benzene rings is 1. The van der Waals surface area contributed by atoms with Gasteiger partial charge in [-0.1, -0.05) is 11.6 Å². The van der Waals surface area contributed by atoms with Gasteiger partial charge in [0.05, 0.1) is 39.9 Å². The van der Waals surface area contributed by atoms with Crippen molar-refractivity contribution in [1.29, 1.82) is 0 Å². The molecule has 2 aromatic heterocycles. The molecule has 1 aliphatic heterocycles. The SMILES string of the molecule is COc1cc(N2Cc3cc(-c4ccc(Cl)cn4)sc3C2=O)ccc1OCC(O)CS(C)(=O)=O. The number of hydrogen-bond acceptors (Lipinski definition) is 8. The van der Waals surface area contributed by atoms with Gasteiger partial charge < -0.3 is 19.5 Å². The van der Waals surface area contributed by atoms with E-state index in [9.17, 15) is 18.3 Å². The molecular formula is C22H21ClN2O6S2. The van der Waals surface area contributed by atoms with Crippen LogP contribution in [0.5, 0.6) is 11.5 Å². The second-order valence-corrected chi connectivity index (χ2v) is 11.3. The zero-order valence-corrected chi connectivity index (χ0v) is 20.2. The van der Waals surface area contributed by atoms with Gasteiger partial charge in [0, 0.05) is 24.2 Å².